The number of aliphatic hydroxyl groups is 1. The van der Waals surface area contributed by atoms with E-state index in [1.807, 2.05) is 20.9 Å². The quantitative estimate of drug-likeness (QED) is 0.469. The van der Waals surface area contributed by atoms with Crippen molar-refractivity contribution in [3.8, 4) is 5.75 Å². The smallest absolute Gasteiger partial charge is 0.261 e. The molecule has 0 saturated heterocycles. The zero-order valence-electron chi connectivity index (χ0n) is 23.0. The predicted octanol–water partition coefficient (Wildman–Crippen LogP) is 3.64. The van der Waals surface area contributed by atoms with Gasteiger partial charge in [-0.15, -0.1) is 0 Å². The van der Waals surface area contributed by atoms with Crippen molar-refractivity contribution in [2.45, 2.75) is 63.2 Å². The number of hydrogen-bond donors (Lipinski definition) is 3. The summed E-state index contributed by atoms with van der Waals surface area (Å²) in [7, 11) is -2.18. The van der Waals surface area contributed by atoms with E-state index in [9.17, 15) is 22.7 Å². The molecule has 0 saturated carbocycles. The van der Waals surface area contributed by atoms with Gasteiger partial charge in [0.25, 0.3) is 15.9 Å². The van der Waals surface area contributed by atoms with Crippen LogP contribution in [0.5, 0.6) is 5.75 Å². The Labute approximate surface area is 230 Å². The monoisotopic (exact) mass is 565 g/mol. The standard InChI is InChI=1S/C28H40FN3O6S/c1-19-17-32(20(2)18-33)28(34)25-15-23(31-39(35,36)24-11-8-22(29)9-12-24)10-13-26(25)38-21(3)7-5-6-14-37-27(19)16-30-4/h8-13,15,19-21,27,30-31,33H,5-7,14,16-18H2,1-4H3/t19-,20-,21+,27-/m1/s1. The highest BCUT2D eigenvalue weighted by Gasteiger charge is 2.30. The number of rotatable bonds is 7. The first-order valence-corrected chi connectivity index (χ1v) is 14.8. The minimum atomic E-state index is -4.04. The maximum absolute atomic E-state index is 14.0. The number of hydrogen-bond acceptors (Lipinski definition) is 7. The molecule has 1 amide bonds. The molecule has 2 aromatic rings. The number of halogens is 1. The summed E-state index contributed by atoms with van der Waals surface area (Å²) < 4.78 is 54.0. The van der Waals surface area contributed by atoms with Crippen LogP contribution in [0.25, 0.3) is 0 Å². The van der Waals surface area contributed by atoms with Crippen molar-refractivity contribution in [1.82, 2.24) is 10.2 Å². The van der Waals surface area contributed by atoms with E-state index in [0.29, 0.717) is 25.4 Å². The number of likely N-dealkylation sites (N-methyl/N-ethyl adjacent to an activating group) is 1. The Morgan fingerprint density at radius 2 is 1.87 bits per heavy atom. The Balaban J connectivity index is 2.02. The molecule has 3 rings (SSSR count). The SMILES string of the molecule is CNC[C@H]1OCCCC[C@H](C)Oc2ccc(NS(=O)(=O)c3ccc(F)cc3)cc2C(=O)N([C@H](C)CO)C[C@H]1C. The minimum Gasteiger partial charge on any atom is -0.490 e. The number of amides is 1. The van der Waals surface area contributed by atoms with Gasteiger partial charge in [0, 0.05) is 31.3 Å². The fourth-order valence-electron chi connectivity index (χ4n) is 4.51. The van der Waals surface area contributed by atoms with Crippen molar-refractivity contribution in [2.24, 2.45) is 5.92 Å². The molecule has 216 valence electrons. The highest BCUT2D eigenvalue weighted by atomic mass is 32.2. The Morgan fingerprint density at radius 1 is 1.15 bits per heavy atom. The second-order valence-electron chi connectivity index (χ2n) is 10.1. The van der Waals surface area contributed by atoms with Crippen LogP contribution in [0.15, 0.2) is 47.4 Å². The van der Waals surface area contributed by atoms with Gasteiger partial charge >= 0.3 is 0 Å². The van der Waals surface area contributed by atoms with Crippen LogP contribution in [-0.4, -0.2) is 75.9 Å². The highest BCUT2D eigenvalue weighted by molar-refractivity contribution is 7.92. The zero-order valence-corrected chi connectivity index (χ0v) is 23.8. The van der Waals surface area contributed by atoms with Crippen LogP contribution < -0.4 is 14.8 Å². The molecule has 0 aliphatic carbocycles. The zero-order chi connectivity index (χ0) is 28.6. The Bertz CT molecular complexity index is 1190. The van der Waals surface area contributed by atoms with Crippen molar-refractivity contribution >= 4 is 21.6 Å². The van der Waals surface area contributed by atoms with Gasteiger partial charge in [0.1, 0.15) is 11.6 Å². The van der Waals surface area contributed by atoms with E-state index in [1.165, 1.54) is 24.3 Å². The van der Waals surface area contributed by atoms with Gasteiger partial charge in [-0.25, -0.2) is 12.8 Å². The number of benzene rings is 2. The molecule has 3 N–H and O–H groups in total. The van der Waals surface area contributed by atoms with Crippen molar-refractivity contribution in [1.29, 1.82) is 0 Å². The predicted molar refractivity (Wildman–Crippen MR) is 148 cm³/mol. The summed E-state index contributed by atoms with van der Waals surface area (Å²) in [5.41, 5.74) is 0.335. The number of carbonyl (C=O) groups is 1. The summed E-state index contributed by atoms with van der Waals surface area (Å²) in [6, 6.07) is 8.52. The van der Waals surface area contributed by atoms with Crippen LogP contribution in [0.4, 0.5) is 10.1 Å². The number of nitrogens with one attached hydrogen (secondary N) is 2. The van der Waals surface area contributed by atoms with Gasteiger partial charge in [-0.3, -0.25) is 9.52 Å². The molecule has 0 bridgehead atoms. The molecule has 0 fully saturated rings. The lowest BCUT2D eigenvalue weighted by atomic mass is 10.0. The molecule has 0 unspecified atom stereocenters. The molecule has 9 nitrogen and oxygen atoms in total. The van der Waals surface area contributed by atoms with E-state index in [2.05, 4.69) is 10.0 Å². The van der Waals surface area contributed by atoms with Crippen LogP contribution in [0.1, 0.15) is 50.4 Å². The lowest BCUT2D eigenvalue weighted by Crippen LogP contribution is -2.47. The van der Waals surface area contributed by atoms with Crippen LogP contribution in [-0.2, 0) is 14.8 Å². The van der Waals surface area contributed by atoms with E-state index >= 15 is 0 Å². The van der Waals surface area contributed by atoms with Crippen molar-refractivity contribution < 1.29 is 32.2 Å². The maximum Gasteiger partial charge on any atom is 0.261 e. The molecule has 2 aromatic carbocycles. The van der Waals surface area contributed by atoms with Gasteiger partial charge in [-0.1, -0.05) is 6.92 Å². The molecule has 0 radical (unpaired) electrons. The number of ether oxygens (including phenoxy) is 2. The summed E-state index contributed by atoms with van der Waals surface area (Å²) in [4.78, 5) is 15.5. The van der Waals surface area contributed by atoms with Crippen LogP contribution in [0.2, 0.25) is 0 Å². The second-order valence-corrected chi connectivity index (χ2v) is 11.8. The highest BCUT2D eigenvalue weighted by Crippen LogP contribution is 2.29. The van der Waals surface area contributed by atoms with Crippen LogP contribution in [0, 0.1) is 11.7 Å². The van der Waals surface area contributed by atoms with Crippen molar-refractivity contribution in [3.63, 3.8) is 0 Å². The first kappa shape index (κ1) is 30.8. The maximum atomic E-state index is 14.0. The number of fused-ring (bicyclic) bond motifs is 1. The normalized spacial score (nSPS) is 22.4. The summed E-state index contributed by atoms with van der Waals surface area (Å²) in [6.45, 7) is 6.96. The number of aliphatic hydroxyl groups excluding tert-OH is 1. The summed E-state index contributed by atoms with van der Waals surface area (Å²) >= 11 is 0. The van der Waals surface area contributed by atoms with E-state index in [1.54, 1.807) is 17.9 Å². The van der Waals surface area contributed by atoms with Gasteiger partial charge < -0.3 is 24.8 Å². The topological polar surface area (TPSA) is 117 Å². The van der Waals surface area contributed by atoms with E-state index in [0.717, 1.165) is 31.4 Å². The third kappa shape index (κ3) is 8.38. The molecule has 1 aliphatic heterocycles. The Morgan fingerprint density at radius 3 is 2.54 bits per heavy atom. The van der Waals surface area contributed by atoms with Gasteiger partial charge in [-0.2, -0.15) is 0 Å². The molecule has 0 aromatic heterocycles. The average Bonchev–Trinajstić information content (AvgIpc) is 2.90. The average molecular weight is 566 g/mol. The Kier molecular flexibility index (Phi) is 11.1. The fourth-order valence-corrected chi connectivity index (χ4v) is 5.55. The lowest BCUT2D eigenvalue weighted by molar-refractivity contribution is -0.000450. The first-order valence-electron chi connectivity index (χ1n) is 13.3. The van der Waals surface area contributed by atoms with E-state index in [4.69, 9.17) is 9.47 Å². The third-order valence-electron chi connectivity index (χ3n) is 6.83. The summed E-state index contributed by atoms with van der Waals surface area (Å²) in [6.07, 6.45) is 2.17. The van der Waals surface area contributed by atoms with Gasteiger partial charge in [-0.05, 0) is 82.6 Å². The van der Waals surface area contributed by atoms with Crippen LogP contribution in [0.3, 0.4) is 0 Å². The Hall–Kier alpha value is -2.73. The van der Waals surface area contributed by atoms with E-state index in [-0.39, 0.29) is 40.9 Å². The number of anilines is 1. The molecular formula is C28H40FN3O6S. The molecule has 39 heavy (non-hydrogen) atoms. The largest absolute Gasteiger partial charge is 0.490 e. The van der Waals surface area contributed by atoms with Gasteiger partial charge in [0.2, 0.25) is 0 Å². The summed E-state index contributed by atoms with van der Waals surface area (Å²) in [5.74, 6) is -0.664. The molecule has 11 heteroatoms. The lowest BCUT2D eigenvalue weighted by Gasteiger charge is -2.34. The van der Waals surface area contributed by atoms with Gasteiger partial charge in [0.05, 0.1) is 35.3 Å². The molecule has 1 heterocycles. The number of carbonyl (C=O) groups excluding carboxylic acids is 1. The molecule has 0 spiro atoms. The number of sulfonamides is 1. The summed E-state index contributed by atoms with van der Waals surface area (Å²) in [5, 5.41) is 13.1. The fraction of sp³-hybridized carbons (Fsp3) is 0.536. The second kappa shape index (κ2) is 14.1. The van der Waals surface area contributed by atoms with Crippen LogP contribution >= 0.6 is 0 Å². The number of nitrogens with zero attached hydrogens (tertiary/aromatic N) is 1. The third-order valence-corrected chi connectivity index (χ3v) is 8.23. The molecule has 4 atom stereocenters. The van der Waals surface area contributed by atoms with Crippen molar-refractivity contribution in [2.75, 3.05) is 38.1 Å². The molecular weight excluding hydrogens is 525 g/mol. The first-order chi connectivity index (χ1) is 18.6. The molecule has 1 aliphatic rings. The van der Waals surface area contributed by atoms with Gasteiger partial charge in [0.15, 0.2) is 0 Å². The van der Waals surface area contributed by atoms with Crippen molar-refractivity contribution in [3.05, 3.63) is 53.8 Å². The van der Waals surface area contributed by atoms with E-state index < -0.39 is 27.8 Å². The minimum absolute atomic E-state index is 0.0539.